The van der Waals surface area contributed by atoms with E-state index < -0.39 is 10.0 Å². The van der Waals surface area contributed by atoms with Gasteiger partial charge in [0.2, 0.25) is 0 Å². The van der Waals surface area contributed by atoms with Crippen LogP contribution in [-0.4, -0.2) is 14.3 Å². The Morgan fingerprint density at radius 2 is 1.35 bits per heavy atom. The predicted octanol–water partition coefficient (Wildman–Crippen LogP) is 5.79. The number of carbonyl (C=O) groups excluding carboxylic acids is 1. The van der Waals surface area contributed by atoms with Crippen LogP contribution in [0.25, 0.3) is 0 Å². The van der Waals surface area contributed by atoms with Gasteiger partial charge in [0.1, 0.15) is 0 Å². The Hall–Kier alpha value is -3.12. The molecule has 4 rings (SSSR count). The third-order valence-corrected chi connectivity index (χ3v) is 7.10. The van der Waals surface area contributed by atoms with Gasteiger partial charge in [0.15, 0.2) is 0 Å². The third kappa shape index (κ3) is 5.33. The molecule has 31 heavy (non-hydrogen) atoms. The molecule has 2 N–H and O–H groups in total. The Balaban J connectivity index is 1.40. The van der Waals surface area contributed by atoms with Gasteiger partial charge in [-0.3, -0.25) is 9.52 Å². The van der Waals surface area contributed by atoms with E-state index in [1.807, 2.05) is 18.2 Å². The summed E-state index contributed by atoms with van der Waals surface area (Å²) in [5.74, 6) is 0.323. The zero-order valence-corrected chi connectivity index (χ0v) is 18.1. The van der Waals surface area contributed by atoms with E-state index in [1.165, 1.54) is 37.7 Å². The molecule has 6 heteroatoms. The Bertz CT molecular complexity index is 1120. The van der Waals surface area contributed by atoms with Crippen LogP contribution in [0.15, 0.2) is 83.8 Å². The molecule has 0 aliphatic heterocycles. The standard InChI is InChI=1S/C25H26N2O3S/c28-25(21-9-5-2-6-10-21)26-22-13-15-23(16-14-22)27-31(29,30)24-17-11-20(12-18-24)19-7-3-1-4-8-19/h2,5-6,9-19,27H,1,3-4,7-8H2,(H,26,28). The lowest BCUT2D eigenvalue weighted by Gasteiger charge is -2.22. The van der Waals surface area contributed by atoms with E-state index in [4.69, 9.17) is 0 Å². The van der Waals surface area contributed by atoms with Crippen molar-refractivity contribution in [2.75, 3.05) is 10.0 Å². The van der Waals surface area contributed by atoms with E-state index in [0.717, 1.165) is 0 Å². The highest BCUT2D eigenvalue weighted by atomic mass is 32.2. The van der Waals surface area contributed by atoms with Crippen LogP contribution in [0, 0.1) is 0 Å². The number of anilines is 2. The van der Waals surface area contributed by atoms with E-state index in [0.29, 0.717) is 22.9 Å². The quantitative estimate of drug-likeness (QED) is 0.516. The number of nitrogens with one attached hydrogen (secondary N) is 2. The molecule has 0 atom stereocenters. The third-order valence-electron chi connectivity index (χ3n) is 5.70. The maximum Gasteiger partial charge on any atom is 0.261 e. The minimum atomic E-state index is -3.68. The van der Waals surface area contributed by atoms with Gasteiger partial charge < -0.3 is 5.32 Å². The fraction of sp³-hybridized carbons (Fsp3) is 0.240. The summed E-state index contributed by atoms with van der Waals surface area (Å²) in [6.45, 7) is 0. The Labute approximate surface area is 183 Å². The second kappa shape index (κ2) is 9.35. The van der Waals surface area contributed by atoms with E-state index in [9.17, 15) is 13.2 Å². The molecule has 0 aromatic heterocycles. The smallest absolute Gasteiger partial charge is 0.261 e. The molecule has 0 radical (unpaired) electrons. The highest BCUT2D eigenvalue weighted by Gasteiger charge is 2.18. The first-order valence-electron chi connectivity index (χ1n) is 10.6. The maximum atomic E-state index is 12.8. The summed E-state index contributed by atoms with van der Waals surface area (Å²) in [7, 11) is -3.68. The van der Waals surface area contributed by atoms with Gasteiger partial charge in [-0.2, -0.15) is 0 Å². The summed E-state index contributed by atoms with van der Waals surface area (Å²) in [6.07, 6.45) is 6.14. The number of hydrogen-bond acceptors (Lipinski definition) is 3. The molecule has 1 fully saturated rings. The molecule has 3 aromatic rings. The molecule has 1 aliphatic carbocycles. The summed E-state index contributed by atoms with van der Waals surface area (Å²) in [5.41, 5.74) is 2.81. The van der Waals surface area contributed by atoms with Crippen LogP contribution in [0.2, 0.25) is 0 Å². The van der Waals surface area contributed by atoms with Crippen LogP contribution < -0.4 is 10.0 Å². The Kier molecular flexibility index (Phi) is 6.37. The highest BCUT2D eigenvalue weighted by Crippen LogP contribution is 2.33. The van der Waals surface area contributed by atoms with Crippen molar-refractivity contribution in [3.05, 3.63) is 90.0 Å². The zero-order chi connectivity index (χ0) is 21.7. The van der Waals surface area contributed by atoms with Crippen molar-refractivity contribution in [3.63, 3.8) is 0 Å². The molecular formula is C25H26N2O3S. The summed E-state index contributed by atoms with van der Waals surface area (Å²) in [4.78, 5) is 12.5. The molecule has 0 bridgehead atoms. The van der Waals surface area contributed by atoms with Crippen LogP contribution in [0.3, 0.4) is 0 Å². The summed E-state index contributed by atoms with van der Waals surface area (Å²) in [6, 6.07) is 22.8. The summed E-state index contributed by atoms with van der Waals surface area (Å²) in [5, 5.41) is 2.80. The summed E-state index contributed by atoms with van der Waals surface area (Å²) < 4.78 is 28.1. The van der Waals surface area contributed by atoms with Crippen LogP contribution in [0.5, 0.6) is 0 Å². The van der Waals surface area contributed by atoms with Gasteiger partial charge in [-0.05, 0) is 72.9 Å². The van der Waals surface area contributed by atoms with Gasteiger partial charge in [0, 0.05) is 16.9 Å². The number of rotatable bonds is 6. The van der Waals surface area contributed by atoms with Crippen molar-refractivity contribution < 1.29 is 13.2 Å². The molecule has 1 amide bonds. The SMILES string of the molecule is O=C(Nc1ccc(NS(=O)(=O)c2ccc(C3CCCCC3)cc2)cc1)c1ccccc1. The zero-order valence-electron chi connectivity index (χ0n) is 17.3. The van der Waals surface area contributed by atoms with Crippen molar-refractivity contribution in [1.29, 1.82) is 0 Å². The van der Waals surface area contributed by atoms with Gasteiger partial charge >= 0.3 is 0 Å². The monoisotopic (exact) mass is 434 g/mol. The Morgan fingerprint density at radius 1 is 0.742 bits per heavy atom. The lowest BCUT2D eigenvalue weighted by molar-refractivity contribution is 0.102. The number of hydrogen-bond donors (Lipinski definition) is 2. The minimum absolute atomic E-state index is 0.216. The van der Waals surface area contributed by atoms with E-state index in [1.54, 1.807) is 60.7 Å². The molecule has 0 heterocycles. The second-order valence-corrected chi connectivity index (χ2v) is 9.59. The van der Waals surface area contributed by atoms with Crippen LogP contribution >= 0.6 is 0 Å². The van der Waals surface area contributed by atoms with Crippen LogP contribution in [0.4, 0.5) is 11.4 Å². The topological polar surface area (TPSA) is 75.3 Å². The molecular weight excluding hydrogens is 408 g/mol. The van der Waals surface area contributed by atoms with Crippen molar-refractivity contribution in [1.82, 2.24) is 0 Å². The number of amides is 1. The van der Waals surface area contributed by atoms with Crippen molar-refractivity contribution in [2.45, 2.75) is 42.9 Å². The molecule has 1 aliphatic rings. The molecule has 3 aromatic carbocycles. The molecule has 0 spiro atoms. The lowest BCUT2D eigenvalue weighted by Crippen LogP contribution is -2.14. The van der Waals surface area contributed by atoms with E-state index in [-0.39, 0.29) is 10.8 Å². The normalized spacial score (nSPS) is 14.7. The highest BCUT2D eigenvalue weighted by molar-refractivity contribution is 7.92. The fourth-order valence-electron chi connectivity index (χ4n) is 3.98. The fourth-order valence-corrected chi connectivity index (χ4v) is 5.04. The van der Waals surface area contributed by atoms with Crippen molar-refractivity contribution in [3.8, 4) is 0 Å². The largest absolute Gasteiger partial charge is 0.322 e. The summed E-state index contributed by atoms with van der Waals surface area (Å²) >= 11 is 0. The Morgan fingerprint density at radius 3 is 2.00 bits per heavy atom. The first-order valence-corrected chi connectivity index (χ1v) is 12.1. The molecule has 0 unspecified atom stereocenters. The van der Waals surface area contributed by atoms with Crippen LogP contribution in [0.1, 0.15) is 53.9 Å². The van der Waals surface area contributed by atoms with Gasteiger partial charge in [0.25, 0.3) is 15.9 Å². The van der Waals surface area contributed by atoms with Crippen molar-refractivity contribution >= 4 is 27.3 Å². The van der Waals surface area contributed by atoms with Gasteiger partial charge in [-0.25, -0.2) is 8.42 Å². The lowest BCUT2D eigenvalue weighted by atomic mass is 9.84. The van der Waals surface area contributed by atoms with E-state index in [2.05, 4.69) is 10.0 Å². The van der Waals surface area contributed by atoms with E-state index >= 15 is 0 Å². The number of carbonyl (C=O) groups is 1. The van der Waals surface area contributed by atoms with Gasteiger partial charge in [0.05, 0.1) is 4.90 Å². The number of sulfonamides is 1. The van der Waals surface area contributed by atoms with Crippen LogP contribution in [-0.2, 0) is 10.0 Å². The van der Waals surface area contributed by atoms with Crippen molar-refractivity contribution in [2.24, 2.45) is 0 Å². The molecule has 160 valence electrons. The molecule has 5 nitrogen and oxygen atoms in total. The van der Waals surface area contributed by atoms with Gasteiger partial charge in [-0.1, -0.05) is 49.6 Å². The minimum Gasteiger partial charge on any atom is -0.322 e. The van der Waals surface area contributed by atoms with Gasteiger partial charge in [-0.15, -0.1) is 0 Å². The second-order valence-electron chi connectivity index (χ2n) is 7.91. The number of benzene rings is 3. The molecule has 0 saturated heterocycles. The maximum absolute atomic E-state index is 12.8. The molecule has 1 saturated carbocycles. The predicted molar refractivity (Wildman–Crippen MR) is 124 cm³/mol. The average Bonchev–Trinajstić information content (AvgIpc) is 2.81. The first-order chi connectivity index (χ1) is 15.0. The first kappa shape index (κ1) is 21.1. The average molecular weight is 435 g/mol.